The molecule has 2 heterocycles. The summed E-state index contributed by atoms with van der Waals surface area (Å²) in [5.41, 5.74) is 1.46. The van der Waals surface area contributed by atoms with Crippen LogP contribution in [0.15, 0.2) is 42.7 Å². The van der Waals surface area contributed by atoms with Crippen molar-refractivity contribution in [3.8, 4) is 5.75 Å². The molecule has 0 saturated heterocycles. The van der Waals surface area contributed by atoms with Gasteiger partial charge in [-0.2, -0.15) is 0 Å². The maximum Gasteiger partial charge on any atom is 0.265 e. The molecule has 128 valence electrons. The number of hydrogen-bond acceptors (Lipinski definition) is 5. The topological polar surface area (TPSA) is 88.6 Å². The summed E-state index contributed by atoms with van der Waals surface area (Å²) in [5, 5.41) is 2.69. The van der Waals surface area contributed by atoms with Crippen LogP contribution in [-0.2, 0) is 9.59 Å². The molecule has 0 fully saturated rings. The van der Waals surface area contributed by atoms with Crippen LogP contribution in [0.2, 0.25) is 0 Å². The van der Waals surface area contributed by atoms with E-state index in [0.29, 0.717) is 29.1 Å². The van der Waals surface area contributed by atoms with Gasteiger partial charge < -0.3 is 10.1 Å². The summed E-state index contributed by atoms with van der Waals surface area (Å²) < 4.78 is 5.39. The Morgan fingerprint density at radius 1 is 1.32 bits per heavy atom. The van der Waals surface area contributed by atoms with Gasteiger partial charge in [0.25, 0.3) is 5.91 Å². The highest BCUT2D eigenvalue weighted by molar-refractivity contribution is 6.06. The highest BCUT2D eigenvalue weighted by Gasteiger charge is 2.28. The number of aromatic nitrogens is 1. The zero-order chi connectivity index (χ0) is 17.8. The summed E-state index contributed by atoms with van der Waals surface area (Å²) in [4.78, 5) is 41.7. The molecule has 0 spiro atoms. The molecule has 7 nitrogen and oxygen atoms in total. The van der Waals surface area contributed by atoms with E-state index in [-0.39, 0.29) is 30.7 Å². The van der Waals surface area contributed by atoms with Crippen molar-refractivity contribution in [2.75, 3.05) is 23.4 Å². The number of amides is 2. The summed E-state index contributed by atoms with van der Waals surface area (Å²) in [5.74, 6) is -0.265. The fourth-order valence-electron chi connectivity index (χ4n) is 2.53. The van der Waals surface area contributed by atoms with Crippen molar-refractivity contribution >= 4 is 29.0 Å². The summed E-state index contributed by atoms with van der Waals surface area (Å²) >= 11 is 0. The molecule has 0 bridgehead atoms. The fourth-order valence-corrected chi connectivity index (χ4v) is 2.53. The van der Waals surface area contributed by atoms with Gasteiger partial charge in [-0.1, -0.05) is 6.92 Å². The van der Waals surface area contributed by atoms with Gasteiger partial charge in [0.05, 0.1) is 17.6 Å². The molecule has 1 N–H and O–H groups in total. The van der Waals surface area contributed by atoms with Crippen LogP contribution in [0.25, 0.3) is 0 Å². The van der Waals surface area contributed by atoms with E-state index in [1.165, 1.54) is 11.1 Å². The van der Waals surface area contributed by atoms with E-state index < -0.39 is 0 Å². The maximum absolute atomic E-state index is 12.3. The number of fused-ring (bicyclic) bond motifs is 1. The Morgan fingerprint density at radius 2 is 2.16 bits per heavy atom. The van der Waals surface area contributed by atoms with Crippen LogP contribution < -0.4 is 15.0 Å². The number of ketones is 1. The Labute approximate surface area is 144 Å². The Bertz CT molecular complexity index is 820. The fraction of sp³-hybridized carbons (Fsp3) is 0.222. The number of ether oxygens (including phenoxy) is 1. The van der Waals surface area contributed by atoms with E-state index in [1.807, 2.05) is 0 Å². The molecule has 1 aromatic heterocycles. The molecule has 0 saturated carbocycles. The molecule has 0 atom stereocenters. The molecule has 0 unspecified atom stereocenters. The minimum atomic E-state index is -0.360. The standard InChI is InChI=1S/C18H17N3O4/c1-2-15(22)12-5-6-16-14(8-12)21(18(24)11-25-16)10-17(23)20-13-4-3-7-19-9-13/h3-9H,2,10-11H2,1H3,(H,20,23). The molecule has 7 heteroatoms. The van der Waals surface area contributed by atoms with Crippen LogP contribution in [0.1, 0.15) is 23.7 Å². The first-order chi connectivity index (χ1) is 12.1. The van der Waals surface area contributed by atoms with Crippen molar-refractivity contribution in [3.63, 3.8) is 0 Å². The lowest BCUT2D eigenvalue weighted by Gasteiger charge is -2.29. The number of pyridine rings is 1. The van der Waals surface area contributed by atoms with Crippen molar-refractivity contribution < 1.29 is 19.1 Å². The van der Waals surface area contributed by atoms with Gasteiger partial charge in [-0.3, -0.25) is 24.3 Å². The minimum Gasteiger partial charge on any atom is -0.482 e. The monoisotopic (exact) mass is 339 g/mol. The molecule has 2 aromatic rings. The van der Waals surface area contributed by atoms with Crippen LogP contribution in [0.4, 0.5) is 11.4 Å². The maximum atomic E-state index is 12.3. The first kappa shape index (κ1) is 16.6. The second-order valence-corrected chi connectivity index (χ2v) is 5.52. The van der Waals surface area contributed by atoms with Gasteiger partial charge in [-0.25, -0.2) is 0 Å². The highest BCUT2D eigenvalue weighted by atomic mass is 16.5. The number of carbonyl (C=O) groups is 3. The van der Waals surface area contributed by atoms with Crippen LogP contribution in [0.3, 0.4) is 0 Å². The number of nitrogens with zero attached hydrogens (tertiary/aromatic N) is 2. The predicted octanol–water partition coefficient (Wildman–Crippen LogP) is 2.04. The average molecular weight is 339 g/mol. The summed E-state index contributed by atoms with van der Waals surface area (Å²) in [6, 6.07) is 8.31. The van der Waals surface area contributed by atoms with Gasteiger partial charge in [-0.05, 0) is 30.3 Å². The van der Waals surface area contributed by atoms with E-state index in [4.69, 9.17) is 4.74 Å². The average Bonchev–Trinajstić information content (AvgIpc) is 2.64. The number of nitrogens with one attached hydrogen (secondary N) is 1. The minimum absolute atomic E-state index is 0.0411. The Balaban J connectivity index is 1.83. The Hall–Kier alpha value is -3.22. The number of rotatable bonds is 5. The molecular formula is C18H17N3O4. The summed E-state index contributed by atoms with van der Waals surface area (Å²) in [6.45, 7) is 1.45. The third-order valence-corrected chi connectivity index (χ3v) is 3.79. The first-order valence-electron chi connectivity index (χ1n) is 7.88. The molecule has 1 aliphatic heterocycles. The van der Waals surface area contributed by atoms with Crippen molar-refractivity contribution in [3.05, 3.63) is 48.3 Å². The van der Waals surface area contributed by atoms with Crippen LogP contribution in [0, 0.1) is 0 Å². The first-order valence-corrected chi connectivity index (χ1v) is 7.88. The highest BCUT2D eigenvalue weighted by Crippen LogP contribution is 2.33. The lowest BCUT2D eigenvalue weighted by atomic mass is 10.1. The lowest BCUT2D eigenvalue weighted by molar-refractivity contribution is -0.123. The number of carbonyl (C=O) groups excluding carboxylic acids is 3. The summed E-state index contributed by atoms with van der Waals surface area (Å²) in [6.07, 6.45) is 3.48. The number of anilines is 2. The molecule has 0 aliphatic carbocycles. The molecular weight excluding hydrogens is 322 g/mol. The third-order valence-electron chi connectivity index (χ3n) is 3.79. The number of hydrogen-bond donors (Lipinski definition) is 1. The Morgan fingerprint density at radius 3 is 2.88 bits per heavy atom. The predicted molar refractivity (Wildman–Crippen MR) is 91.8 cm³/mol. The van der Waals surface area contributed by atoms with Crippen molar-refractivity contribution in [2.45, 2.75) is 13.3 Å². The van der Waals surface area contributed by atoms with Gasteiger partial charge in [0.1, 0.15) is 12.3 Å². The molecule has 3 rings (SSSR count). The van der Waals surface area contributed by atoms with E-state index in [0.717, 1.165) is 0 Å². The molecule has 0 radical (unpaired) electrons. The Kier molecular flexibility index (Phi) is 4.74. The van der Waals surface area contributed by atoms with E-state index >= 15 is 0 Å². The van der Waals surface area contributed by atoms with Crippen LogP contribution in [0.5, 0.6) is 5.75 Å². The lowest BCUT2D eigenvalue weighted by Crippen LogP contribution is -2.43. The smallest absolute Gasteiger partial charge is 0.265 e. The quantitative estimate of drug-likeness (QED) is 0.842. The van der Waals surface area contributed by atoms with Crippen molar-refractivity contribution in [1.29, 1.82) is 0 Å². The second kappa shape index (κ2) is 7.12. The molecule has 25 heavy (non-hydrogen) atoms. The zero-order valence-corrected chi connectivity index (χ0v) is 13.7. The van der Waals surface area contributed by atoms with Gasteiger partial charge in [-0.15, -0.1) is 0 Å². The van der Waals surface area contributed by atoms with Crippen LogP contribution >= 0.6 is 0 Å². The largest absolute Gasteiger partial charge is 0.482 e. The van der Waals surface area contributed by atoms with Gasteiger partial charge in [0, 0.05) is 18.2 Å². The SMILES string of the molecule is CCC(=O)c1ccc2c(c1)N(CC(=O)Nc1cccnc1)C(=O)CO2. The summed E-state index contributed by atoms with van der Waals surface area (Å²) in [7, 11) is 0. The van der Waals surface area contributed by atoms with Gasteiger partial charge in [0.2, 0.25) is 5.91 Å². The third kappa shape index (κ3) is 3.65. The molecule has 2 amide bonds. The number of benzene rings is 1. The zero-order valence-electron chi connectivity index (χ0n) is 13.7. The number of Topliss-reactive ketones (excluding diaryl/α,β-unsaturated/α-hetero) is 1. The normalized spacial score (nSPS) is 13.0. The van der Waals surface area contributed by atoms with Gasteiger partial charge in [0.15, 0.2) is 12.4 Å². The van der Waals surface area contributed by atoms with Crippen molar-refractivity contribution in [1.82, 2.24) is 4.98 Å². The molecule has 1 aliphatic rings. The molecule has 1 aromatic carbocycles. The van der Waals surface area contributed by atoms with Crippen LogP contribution in [-0.4, -0.2) is 35.7 Å². The van der Waals surface area contributed by atoms with Gasteiger partial charge >= 0.3 is 0 Å². The van der Waals surface area contributed by atoms with E-state index in [1.54, 1.807) is 43.5 Å². The second-order valence-electron chi connectivity index (χ2n) is 5.52. The van der Waals surface area contributed by atoms with E-state index in [2.05, 4.69) is 10.3 Å². The van der Waals surface area contributed by atoms with Crippen molar-refractivity contribution in [2.24, 2.45) is 0 Å². The van der Waals surface area contributed by atoms with E-state index in [9.17, 15) is 14.4 Å².